The Kier molecular flexibility index (Phi) is 4.32. The molecule has 1 aromatic rings. The lowest BCUT2D eigenvalue weighted by Gasteiger charge is -2.30. The number of rotatable bonds is 4. The van der Waals surface area contributed by atoms with Gasteiger partial charge in [-0.15, -0.1) is 11.3 Å². The second-order valence-corrected chi connectivity index (χ2v) is 5.53. The van der Waals surface area contributed by atoms with Gasteiger partial charge in [0, 0.05) is 18.0 Å². The number of likely N-dealkylation sites (tertiary alicyclic amines) is 1. The van der Waals surface area contributed by atoms with Crippen LogP contribution in [0.5, 0.6) is 0 Å². The Morgan fingerprint density at radius 1 is 1.69 bits per heavy atom. The first kappa shape index (κ1) is 12.0. The summed E-state index contributed by atoms with van der Waals surface area (Å²) in [6.07, 6.45) is 2.70. The van der Waals surface area contributed by atoms with Crippen LogP contribution in [-0.2, 0) is 0 Å². The van der Waals surface area contributed by atoms with E-state index in [2.05, 4.69) is 34.6 Å². The molecule has 1 fully saturated rings. The lowest BCUT2D eigenvalue weighted by atomic mass is 9.98. The Hall–Kier alpha value is -0.450. The molecule has 90 valence electrons. The highest BCUT2D eigenvalue weighted by atomic mass is 32.1. The zero-order valence-electron chi connectivity index (χ0n) is 10.1. The van der Waals surface area contributed by atoms with Crippen molar-refractivity contribution in [3.63, 3.8) is 0 Å². The molecule has 4 heteroatoms. The van der Waals surface area contributed by atoms with Crippen LogP contribution in [0.15, 0.2) is 10.9 Å². The average Bonchev–Trinajstić information content (AvgIpc) is 2.79. The minimum Gasteiger partial charge on any atom is -0.309 e. The summed E-state index contributed by atoms with van der Waals surface area (Å²) < 4.78 is 0. The van der Waals surface area contributed by atoms with Crippen molar-refractivity contribution in [1.29, 1.82) is 0 Å². The van der Waals surface area contributed by atoms with E-state index in [-0.39, 0.29) is 0 Å². The van der Waals surface area contributed by atoms with Gasteiger partial charge in [0.2, 0.25) is 0 Å². The largest absolute Gasteiger partial charge is 0.309 e. The van der Waals surface area contributed by atoms with Crippen LogP contribution in [0.25, 0.3) is 0 Å². The number of nitrogens with one attached hydrogen (secondary N) is 1. The molecule has 2 atom stereocenters. The normalized spacial score (nSPS) is 24.5. The second-order valence-electron chi connectivity index (χ2n) is 4.81. The molecule has 2 unspecified atom stereocenters. The maximum Gasteiger partial charge on any atom is 0.0795 e. The fourth-order valence-corrected chi connectivity index (χ4v) is 2.97. The molecular formula is C12H21N3S. The molecule has 1 N–H and O–H groups in total. The molecule has 0 bridgehead atoms. The number of aromatic nitrogens is 1. The Labute approximate surface area is 102 Å². The molecule has 0 saturated carbocycles. The molecule has 2 rings (SSSR count). The zero-order valence-corrected chi connectivity index (χ0v) is 11.0. The number of hydrogen-bond acceptors (Lipinski definition) is 4. The summed E-state index contributed by atoms with van der Waals surface area (Å²) in [5.41, 5.74) is 3.08. The van der Waals surface area contributed by atoms with Crippen molar-refractivity contribution >= 4 is 11.3 Å². The highest BCUT2D eigenvalue weighted by Crippen LogP contribution is 2.16. The minimum atomic E-state index is 0.387. The summed E-state index contributed by atoms with van der Waals surface area (Å²) in [7, 11) is 2.22. The van der Waals surface area contributed by atoms with E-state index in [1.165, 1.54) is 31.6 Å². The van der Waals surface area contributed by atoms with Crippen molar-refractivity contribution < 1.29 is 0 Å². The lowest BCUT2D eigenvalue weighted by molar-refractivity contribution is 0.203. The molecule has 1 aromatic heterocycles. The lowest BCUT2D eigenvalue weighted by Crippen LogP contribution is -2.38. The molecule has 3 nitrogen and oxygen atoms in total. The highest BCUT2D eigenvalue weighted by Gasteiger charge is 2.18. The van der Waals surface area contributed by atoms with Crippen molar-refractivity contribution in [2.24, 2.45) is 5.92 Å². The average molecular weight is 239 g/mol. The Morgan fingerprint density at radius 2 is 2.56 bits per heavy atom. The van der Waals surface area contributed by atoms with Gasteiger partial charge in [0.1, 0.15) is 0 Å². The molecule has 0 aliphatic carbocycles. The predicted molar refractivity (Wildman–Crippen MR) is 68.8 cm³/mol. The first-order valence-corrected chi connectivity index (χ1v) is 7.00. The van der Waals surface area contributed by atoms with Gasteiger partial charge < -0.3 is 10.2 Å². The van der Waals surface area contributed by atoms with Crippen LogP contribution in [0, 0.1) is 5.92 Å². The first-order valence-electron chi connectivity index (χ1n) is 6.05. The van der Waals surface area contributed by atoms with Crippen molar-refractivity contribution in [3.05, 3.63) is 16.6 Å². The van der Waals surface area contributed by atoms with Gasteiger partial charge in [-0.25, -0.2) is 4.98 Å². The Bertz CT molecular complexity index is 299. The quantitative estimate of drug-likeness (QED) is 0.872. The van der Waals surface area contributed by atoms with Crippen molar-refractivity contribution in [2.45, 2.75) is 25.8 Å². The summed E-state index contributed by atoms with van der Waals surface area (Å²) in [5.74, 6) is 0.805. The van der Waals surface area contributed by atoms with Gasteiger partial charge in [-0.1, -0.05) is 0 Å². The topological polar surface area (TPSA) is 28.2 Å². The standard InChI is InChI=1S/C12H21N3S/c1-10(12-8-16-9-14-12)13-6-11-4-3-5-15(2)7-11/h8-11,13H,3-7H2,1-2H3. The maximum absolute atomic E-state index is 4.34. The van der Waals surface area contributed by atoms with Crippen LogP contribution < -0.4 is 5.32 Å². The van der Waals surface area contributed by atoms with E-state index in [1.807, 2.05) is 5.51 Å². The van der Waals surface area contributed by atoms with Crippen molar-refractivity contribution in [1.82, 2.24) is 15.2 Å². The number of thiazole rings is 1. The van der Waals surface area contributed by atoms with Gasteiger partial charge in [-0.3, -0.25) is 0 Å². The molecule has 2 heterocycles. The predicted octanol–water partition coefficient (Wildman–Crippen LogP) is 2.14. The van der Waals surface area contributed by atoms with Crippen LogP contribution >= 0.6 is 11.3 Å². The van der Waals surface area contributed by atoms with Crippen molar-refractivity contribution in [2.75, 3.05) is 26.7 Å². The van der Waals surface area contributed by atoms with Crippen LogP contribution in [-0.4, -0.2) is 36.6 Å². The molecule has 0 aromatic carbocycles. The Balaban J connectivity index is 1.74. The Morgan fingerprint density at radius 3 is 3.25 bits per heavy atom. The third-order valence-electron chi connectivity index (χ3n) is 3.33. The van der Waals surface area contributed by atoms with E-state index in [4.69, 9.17) is 0 Å². The zero-order chi connectivity index (χ0) is 11.4. The molecule has 0 spiro atoms. The van der Waals surface area contributed by atoms with Crippen LogP contribution in [0.4, 0.5) is 0 Å². The van der Waals surface area contributed by atoms with E-state index in [9.17, 15) is 0 Å². The van der Waals surface area contributed by atoms with E-state index >= 15 is 0 Å². The summed E-state index contributed by atoms with van der Waals surface area (Å²) in [4.78, 5) is 6.77. The summed E-state index contributed by atoms with van der Waals surface area (Å²) in [5, 5.41) is 5.72. The fourth-order valence-electron chi connectivity index (χ4n) is 2.32. The molecule has 0 amide bonds. The van der Waals surface area contributed by atoms with Crippen LogP contribution in [0.1, 0.15) is 31.5 Å². The fraction of sp³-hybridized carbons (Fsp3) is 0.750. The van der Waals surface area contributed by atoms with Crippen LogP contribution in [0.3, 0.4) is 0 Å². The van der Waals surface area contributed by atoms with E-state index in [1.54, 1.807) is 11.3 Å². The van der Waals surface area contributed by atoms with E-state index < -0.39 is 0 Å². The summed E-state index contributed by atoms with van der Waals surface area (Å²) >= 11 is 1.67. The van der Waals surface area contributed by atoms with Gasteiger partial charge >= 0.3 is 0 Å². The number of piperidine rings is 1. The smallest absolute Gasteiger partial charge is 0.0795 e. The monoisotopic (exact) mass is 239 g/mol. The second kappa shape index (κ2) is 5.75. The molecule has 16 heavy (non-hydrogen) atoms. The number of nitrogens with zero attached hydrogens (tertiary/aromatic N) is 2. The first-order chi connectivity index (χ1) is 7.75. The highest BCUT2D eigenvalue weighted by molar-refractivity contribution is 7.07. The number of hydrogen-bond donors (Lipinski definition) is 1. The van der Waals surface area contributed by atoms with Gasteiger partial charge in [0.25, 0.3) is 0 Å². The molecule has 1 aliphatic heterocycles. The van der Waals surface area contributed by atoms with Gasteiger partial charge in [0.05, 0.1) is 11.2 Å². The van der Waals surface area contributed by atoms with E-state index in [0.717, 1.165) is 12.5 Å². The summed E-state index contributed by atoms with van der Waals surface area (Å²) in [6, 6.07) is 0.387. The van der Waals surface area contributed by atoms with E-state index in [0.29, 0.717) is 6.04 Å². The molecular weight excluding hydrogens is 218 g/mol. The molecule has 1 aliphatic rings. The summed E-state index contributed by atoms with van der Waals surface area (Å²) in [6.45, 7) is 5.81. The van der Waals surface area contributed by atoms with Gasteiger partial charge in [-0.2, -0.15) is 0 Å². The maximum atomic E-state index is 4.34. The SMILES string of the molecule is CC(NCC1CCCN(C)C1)c1cscn1. The molecule has 0 radical (unpaired) electrons. The van der Waals surface area contributed by atoms with Crippen molar-refractivity contribution in [3.8, 4) is 0 Å². The van der Waals surface area contributed by atoms with Gasteiger partial charge in [-0.05, 0) is 45.8 Å². The molecule has 1 saturated heterocycles. The minimum absolute atomic E-state index is 0.387. The van der Waals surface area contributed by atoms with Gasteiger partial charge in [0.15, 0.2) is 0 Å². The van der Waals surface area contributed by atoms with Crippen LogP contribution in [0.2, 0.25) is 0 Å². The third-order valence-corrected chi connectivity index (χ3v) is 3.93. The third kappa shape index (κ3) is 3.27.